The van der Waals surface area contributed by atoms with E-state index in [0.29, 0.717) is 12.5 Å². The van der Waals surface area contributed by atoms with Crippen LogP contribution >= 0.6 is 0 Å². The third-order valence-corrected chi connectivity index (χ3v) is 5.10. The molecule has 4 heteroatoms. The molecule has 4 nitrogen and oxygen atoms in total. The lowest BCUT2D eigenvalue weighted by molar-refractivity contribution is -0.128. The fourth-order valence-corrected chi connectivity index (χ4v) is 3.52. The Bertz CT molecular complexity index is 574. The van der Waals surface area contributed by atoms with E-state index in [0.717, 1.165) is 36.8 Å². The first-order chi connectivity index (χ1) is 10.0. The van der Waals surface area contributed by atoms with Crippen molar-refractivity contribution in [2.24, 2.45) is 5.92 Å². The summed E-state index contributed by atoms with van der Waals surface area (Å²) in [7, 11) is 0. The second-order valence-corrected chi connectivity index (χ2v) is 6.49. The first-order valence-corrected chi connectivity index (χ1v) is 7.70. The Balaban J connectivity index is 1.90. The summed E-state index contributed by atoms with van der Waals surface area (Å²) in [6, 6.07) is 7.81. The maximum absolute atomic E-state index is 12.4. The predicted octanol–water partition coefficient (Wildman–Crippen LogP) is 3.00. The summed E-state index contributed by atoms with van der Waals surface area (Å²) in [4.78, 5) is 26.4. The van der Waals surface area contributed by atoms with Crippen LogP contribution in [-0.4, -0.2) is 22.4 Å². The van der Waals surface area contributed by atoms with Gasteiger partial charge in [0.1, 0.15) is 5.54 Å². The zero-order valence-corrected chi connectivity index (χ0v) is 12.7. The van der Waals surface area contributed by atoms with E-state index in [1.807, 2.05) is 31.2 Å². The van der Waals surface area contributed by atoms with Crippen LogP contribution in [-0.2, 0) is 11.3 Å². The van der Waals surface area contributed by atoms with E-state index in [9.17, 15) is 9.59 Å². The smallest absolute Gasteiger partial charge is 0.305 e. The molecule has 1 saturated carbocycles. The summed E-state index contributed by atoms with van der Waals surface area (Å²) in [6.07, 6.45) is 3.56. The quantitative estimate of drug-likeness (QED) is 0.850. The number of rotatable bonds is 2. The lowest BCUT2D eigenvalue weighted by atomic mass is 9.76. The highest BCUT2D eigenvalue weighted by molar-refractivity contribution is 6.07. The van der Waals surface area contributed by atoms with Crippen molar-refractivity contribution in [2.75, 3.05) is 0 Å². The molecule has 2 aliphatic rings. The van der Waals surface area contributed by atoms with Crippen LogP contribution in [0.25, 0.3) is 0 Å². The number of benzene rings is 1. The van der Waals surface area contributed by atoms with E-state index in [4.69, 9.17) is 0 Å². The molecule has 112 valence electrons. The first kappa shape index (κ1) is 14.1. The monoisotopic (exact) mass is 286 g/mol. The summed E-state index contributed by atoms with van der Waals surface area (Å²) in [6.45, 7) is 4.77. The second-order valence-electron chi connectivity index (χ2n) is 6.49. The molecule has 3 rings (SSSR count). The third kappa shape index (κ3) is 2.33. The highest BCUT2D eigenvalue weighted by Crippen LogP contribution is 2.40. The number of hydrogen-bond donors (Lipinski definition) is 1. The van der Waals surface area contributed by atoms with E-state index >= 15 is 0 Å². The summed E-state index contributed by atoms with van der Waals surface area (Å²) >= 11 is 0. The van der Waals surface area contributed by atoms with Gasteiger partial charge in [0.2, 0.25) is 0 Å². The van der Waals surface area contributed by atoms with Crippen LogP contribution < -0.4 is 5.32 Å². The molecule has 2 fully saturated rings. The number of amides is 3. The predicted molar refractivity (Wildman–Crippen MR) is 80.6 cm³/mol. The minimum atomic E-state index is -0.619. The number of carbonyl (C=O) groups is 2. The highest BCUT2D eigenvalue weighted by Gasteiger charge is 2.53. The number of imide groups is 1. The average molecular weight is 286 g/mol. The lowest BCUT2D eigenvalue weighted by Gasteiger charge is -2.40. The fraction of sp³-hybridized carbons (Fsp3) is 0.529. The SMILES string of the molecule is Cc1ccccc1CN1C(=O)NC(=O)C12CCC(C)CC2. The van der Waals surface area contributed by atoms with E-state index in [1.165, 1.54) is 0 Å². The Morgan fingerprint density at radius 1 is 1.24 bits per heavy atom. The van der Waals surface area contributed by atoms with Crippen molar-refractivity contribution in [1.29, 1.82) is 0 Å². The Hall–Kier alpha value is -1.84. The van der Waals surface area contributed by atoms with Crippen molar-refractivity contribution in [3.05, 3.63) is 35.4 Å². The lowest BCUT2D eigenvalue weighted by Crippen LogP contribution is -2.51. The maximum Gasteiger partial charge on any atom is 0.325 e. The van der Waals surface area contributed by atoms with Gasteiger partial charge < -0.3 is 4.90 Å². The Labute approximate surface area is 125 Å². The summed E-state index contributed by atoms with van der Waals surface area (Å²) in [5.74, 6) is 0.535. The van der Waals surface area contributed by atoms with Crippen molar-refractivity contribution in [2.45, 2.75) is 51.6 Å². The van der Waals surface area contributed by atoms with Gasteiger partial charge in [0.15, 0.2) is 0 Å². The van der Waals surface area contributed by atoms with Crippen LogP contribution in [0.5, 0.6) is 0 Å². The zero-order chi connectivity index (χ0) is 15.0. The minimum absolute atomic E-state index is 0.104. The highest BCUT2D eigenvalue weighted by atomic mass is 16.2. The average Bonchev–Trinajstić information content (AvgIpc) is 2.68. The summed E-state index contributed by atoms with van der Waals surface area (Å²) < 4.78 is 0. The molecule has 3 amide bonds. The van der Waals surface area contributed by atoms with Crippen LogP contribution in [0, 0.1) is 12.8 Å². The molecule has 0 aromatic heterocycles. The molecule has 1 heterocycles. The summed E-state index contributed by atoms with van der Waals surface area (Å²) in [5, 5.41) is 2.53. The van der Waals surface area contributed by atoms with Gasteiger partial charge in [-0.3, -0.25) is 10.1 Å². The van der Waals surface area contributed by atoms with Crippen molar-refractivity contribution in [3.63, 3.8) is 0 Å². The van der Waals surface area contributed by atoms with Gasteiger partial charge in [0.05, 0.1) is 0 Å². The van der Waals surface area contributed by atoms with Crippen LogP contribution in [0.4, 0.5) is 4.79 Å². The van der Waals surface area contributed by atoms with E-state index in [2.05, 4.69) is 12.2 Å². The molecule has 1 aromatic rings. The van der Waals surface area contributed by atoms with Crippen molar-refractivity contribution in [3.8, 4) is 0 Å². The van der Waals surface area contributed by atoms with Gasteiger partial charge in [-0.05, 0) is 49.7 Å². The Kier molecular flexibility index (Phi) is 3.47. The molecule has 1 spiro atoms. The van der Waals surface area contributed by atoms with Gasteiger partial charge in [0.25, 0.3) is 5.91 Å². The topological polar surface area (TPSA) is 49.4 Å². The Morgan fingerprint density at radius 3 is 2.57 bits per heavy atom. The third-order valence-electron chi connectivity index (χ3n) is 5.10. The molecule has 1 aromatic carbocycles. The largest absolute Gasteiger partial charge is 0.325 e. The van der Waals surface area contributed by atoms with E-state index in [-0.39, 0.29) is 11.9 Å². The van der Waals surface area contributed by atoms with Crippen LogP contribution in [0.1, 0.15) is 43.7 Å². The number of nitrogens with zero attached hydrogens (tertiary/aromatic N) is 1. The number of urea groups is 1. The van der Waals surface area contributed by atoms with E-state index < -0.39 is 5.54 Å². The molecule has 21 heavy (non-hydrogen) atoms. The van der Waals surface area contributed by atoms with Crippen molar-refractivity contribution < 1.29 is 9.59 Å². The normalized spacial score (nSPS) is 29.0. The van der Waals surface area contributed by atoms with Crippen LogP contribution in [0.15, 0.2) is 24.3 Å². The first-order valence-electron chi connectivity index (χ1n) is 7.70. The van der Waals surface area contributed by atoms with E-state index in [1.54, 1.807) is 4.90 Å². The molecule has 0 radical (unpaired) electrons. The molecular formula is C17H22N2O2. The van der Waals surface area contributed by atoms with Crippen molar-refractivity contribution >= 4 is 11.9 Å². The maximum atomic E-state index is 12.4. The molecule has 0 bridgehead atoms. The van der Waals surface area contributed by atoms with Crippen LogP contribution in [0.3, 0.4) is 0 Å². The van der Waals surface area contributed by atoms with Gasteiger partial charge in [-0.25, -0.2) is 4.79 Å². The number of hydrogen-bond acceptors (Lipinski definition) is 2. The summed E-state index contributed by atoms with van der Waals surface area (Å²) in [5.41, 5.74) is 1.65. The molecule has 0 unspecified atom stereocenters. The minimum Gasteiger partial charge on any atom is -0.305 e. The van der Waals surface area contributed by atoms with Gasteiger partial charge in [-0.2, -0.15) is 0 Å². The molecule has 0 atom stereocenters. The molecular weight excluding hydrogens is 264 g/mol. The number of nitrogens with one attached hydrogen (secondary N) is 1. The molecule has 1 saturated heterocycles. The zero-order valence-electron chi connectivity index (χ0n) is 12.7. The van der Waals surface area contributed by atoms with Gasteiger partial charge >= 0.3 is 6.03 Å². The van der Waals surface area contributed by atoms with Crippen molar-refractivity contribution in [1.82, 2.24) is 10.2 Å². The molecule has 1 aliphatic carbocycles. The van der Waals surface area contributed by atoms with Gasteiger partial charge in [-0.15, -0.1) is 0 Å². The fourth-order valence-electron chi connectivity index (χ4n) is 3.52. The number of carbonyl (C=O) groups excluding carboxylic acids is 2. The Morgan fingerprint density at radius 2 is 1.90 bits per heavy atom. The van der Waals surface area contributed by atoms with Gasteiger partial charge in [-0.1, -0.05) is 31.2 Å². The number of aryl methyl sites for hydroxylation is 1. The molecule has 1 N–H and O–H groups in total. The van der Waals surface area contributed by atoms with Gasteiger partial charge in [0, 0.05) is 6.54 Å². The second kappa shape index (κ2) is 5.17. The molecule has 1 aliphatic heterocycles. The standard InChI is InChI=1S/C17H22N2O2/c1-12-7-9-17(10-8-12)15(20)18-16(21)19(17)11-14-6-4-3-5-13(14)2/h3-6,12H,7-11H2,1-2H3,(H,18,20,21). The van der Waals surface area contributed by atoms with Crippen LogP contribution in [0.2, 0.25) is 0 Å².